The first-order valence-electron chi connectivity index (χ1n) is 5.85. The quantitative estimate of drug-likeness (QED) is 0.891. The second-order valence-corrected chi connectivity index (χ2v) is 5.06. The lowest BCUT2D eigenvalue weighted by Crippen LogP contribution is -2.31. The number of rotatable bonds is 4. The van der Waals surface area contributed by atoms with Crippen molar-refractivity contribution in [3.05, 3.63) is 17.2 Å². The molecule has 1 aliphatic carbocycles. The summed E-state index contributed by atoms with van der Waals surface area (Å²) in [6.07, 6.45) is 2.53. The number of ether oxygens (including phenoxy) is 2. The van der Waals surface area contributed by atoms with Crippen molar-refractivity contribution in [1.29, 1.82) is 0 Å². The Morgan fingerprint density at radius 1 is 1.47 bits per heavy atom. The van der Waals surface area contributed by atoms with Crippen molar-refractivity contribution in [3.8, 4) is 11.8 Å². The first kappa shape index (κ1) is 11.1. The van der Waals surface area contributed by atoms with E-state index in [9.17, 15) is 0 Å². The van der Waals surface area contributed by atoms with Crippen LogP contribution in [0.2, 0.25) is 5.02 Å². The lowest BCUT2D eigenvalue weighted by molar-refractivity contribution is 0.255. The molecule has 1 aromatic heterocycles. The summed E-state index contributed by atoms with van der Waals surface area (Å²) in [7, 11) is 1.58. The smallest absolute Gasteiger partial charge is 0.235 e. The summed E-state index contributed by atoms with van der Waals surface area (Å²) < 4.78 is 10.7. The molecular formula is C12H15ClN2O2. The molecule has 1 aromatic rings. The minimum atomic E-state index is 0.433. The molecule has 0 unspecified atom stereocenters. The van der Waals surface area contributed by atoms with Gasteiger partial charge in [-0.2, -0.15) is 4.98 Å². The zero-order valence-corrected chi connectivity index (χ0v) is 10.4. The number of nitrogens with one attached hydrogen (secondary N) is 1. The number of methoxy groups -OCH3 is 1. The Kier molecular flexibility index (Phi) is 2.84. The van der Waals surface area contributed by atoms with Gasteiger partial charge in [0.15, 0.2) is 0 Å². The van der Waals surface area contributed by atoms with Crippen LogP contribution in [0.5, 0.6) is 11.8 Å². The number of fused-ring (bicyclic) bond motifs is 1. The summed E-state index contributed by atoms with van der Waals surface area (Å²) in [5, 5.41) is 4.04. The maximum absolute atomic E-state index is 6.01. The normalized spacial score (nSPS) is 29.9. The van der Waals surface area contributed by atoms with Crippen LogP contribution in [-0.4, -0.2) is 30.8 Å². The van der Waals surface area contributed by atoms with Gasteiger partial charge in [0.25, 0.3) is 0 Å². The van der Waals surface area contributed by atoms with E-state index in [0.717, 1.165) is 12.0 Å². The molecule has 2 aliphatic rings. The number of nitrogens with zero attached hydrogens (tertiary/aromatic N) is 1. The average molecular weight is 255 g/mol. The number of aromatic nitrogens is 1. The third kappa shape index (κ3) is 2.33. The molecule has 0 spiro atoms. The van der Waals surface area contributed by atoms with E-state index in [1.807, 2.05) is 0 Å². The molecule has 1 saturated carbocycles. The second kappa shape index (κ2) is 4.35. The fourth-order valence-corrected chi connectivity index (χ4v) is 2.53. The molecular weight excluding hydrogens is 240 g/mol. The molecule has 0 amide bonds. The van der Waals surface area contributed by atoms with Crippen LogP contribution in [0.3, 0.4) is 0 Å². The molecule has 92 valence electrons. The van der Waals surface area contributed by atoms with Crippen molar-refractivity contribution in [1.82, 2.24) is 10.3 Å². The van der Waals surface area contributed by atoms with Gasteiger partial charge in [0, 0.05) is 18.2 Å². The van der Waals surface area contributed by atoms with Gasteiger partial charge in [0.1, 0.15) is 11.6 Å². The summed E-state index contributed by atoms with van der Waals surface area (Å²) in [6.45, 7) is 0.618. The fourth-order valence-electron chi connectivity index (χ4n) is 2.37. The van der Waals surface area contributed by atoms with Crippen LogP contribution in [0.4, 0.5) is 0 Å². The zero-order chi connectivity index (χ0) is 11.8. The maximum Gasteiger partial charge on any atom is 0.235 e. The highest BCUT2D eigenvalue weighted by molar-refractivity contribution is 6.31. The number of halogens is 1. The van der Waals surface area contributed by atoms with Crippen LogP contribution < -0.4 is 14.8 Å². The number of hydrogen-bond acceptors (Lipinski definition) is 4. The van der Waals surface area contributed by atoms with Gasteiger partial charge in [-0.1, -0.05) is 11.6 Å². The van der Waals surface area contributed by atoms with E-state index in [4.69, 9.17) is 21.1 Å². The minimum Gasteiger partial charge on any atom is -0.481 e. The average Bonchev–Trinajstić information content (AvgIpc) is 2.96. The summed E-state index contributed by atoms with van der Waals surface area (Å²) >= 11 is 6.01. The first-order chi connectivity index (χ1) is 8.26. The Bertz CT molecular complexity index is 417. The maximum atomic E-state index is 6.01. The molecule has 2 heterocycles. The molecule has 2 fully saturated rings. The third-order valence-electron chi connectivity index (χ3n) is 3.38. The van der Waals surface area contributed by atoms with E-state index in [-0.39, 0.29) is 0 Å². The molecule has 17 heavy (non-hydrogen) atoms. The molecule has 3 rings (SSSR count). The van der Waals surface area contributed by atoms with Gasteiger partial charge in [-0.3, -0.25) is 0 Å². The van der Waals surface area contributed by atoms with Gasteiger partial charge in [0.2, 0.25) is 11.8 Å². The summed E-state index contributed by atoms with van der Waals surface area (Å²) in [6, 6.07) is 4.63. The van der Waals surface area contributed by atoms with Crippen LogP contribution in [0.1, 0.15) is 12.8 Å². The highest BCUT2D eigenvalue weighted by Gasteiger charge is 2.45. The number of hydrogen-bond donors (Lipinski definition) is 1. The van der Waals surface area contributed by atoms with E-state index in [0.29, 0.717) is 29.4 Å². The highest BCUT2D eigenvalue weighted by Crippen LogP contribution is 2.40. The second-order valence-electron chi connectivity index (χ2n) is 4.65. The van der Waals surface area contributed by atoms with Crippen molar-refractivity contribution in [2.75, 3.05) is 13.7 Å². The van der Waals surface area contributed by atoms with Crippen molar-refractivity contribution in [2.24, 2.45) is 5.92 Å². The van der Waals surface area contributed by atoms with Gasteiger partial charge >= 0.3 is 0 Å². The summed E-state index contributed by atoms with van der Waals surface area (Å²) in [5.41, 5.74) is 0. The topological polar surface area (TPSA) is 43.4 Å². The van der Waals surface area contributed by atoms with Gasteiger partial charge < -0.3 is 14.8 Å². The number of pyridine rings is 1. The molecule has 1 aliphatic heterocycles. The molecule has 1 N–H and O–H groups in total. The Labute approximate surface area is 105 Å². The third-order valence-corrected chi connectivity index (χ3v) is 3.67. The Morgan fingerprint density at radius 3 is 3.06 bits per heavy atom. The van der Waals surface area contributed by atoms with Crippen molar-refractivity contribution >= 4 is 11.6 Å². The molecule has 4 nitrogen and oxygen atoms in total. The van der Waals surface area contributed by atoms with Crippen LogP contribution in [0, 0.1) is 5.92 Å². The van der Waals surface area contributed by atoms with E-state index in [1.165, 1.54) is 12.8 Å². The predicted octanol–water partition coefficient (Wildman–Crippen LogP) is 1.87. The van der Waals surface area contributed by atoms with E-state index in [2.05, 4.69) is 10.3 Å². The van der Waals surface area contributed by atoms with E-state index in [1.54, 1.807) is 19.2 Å². The molecule has 0 bridgehead atoms. The zero-order valence-electron chi connectivity index (χ0n) is 9.65. The highest BCUT2D eigenvalue weighted by atomic mass is 35.5. The number of piperidine rings is 1. The minimum absolute atomic E-state index is 0.433. The van der Waals surface area contributed by atoms with Gasteiger partial charge in [-0.05, 0) is 24.8 Å². The molecule has 0 radical (unpaired) electrons. The van der Waals surface area contributed by atoms with Crippen molar-refractivity contribution < 1.29 is 9.47 Å². The standard InChI is InChI=1S/C12H15ClN2O2/c1-16-11-3-2-9(13)12(15-11)17-6-8-4-7-5-10(7)14-8/h2-3,7-8,10,14H,4-6H2,1H3/t7-,8+,10+/m0/s1. The lowest BCUT2D eigenvalue weighted by atomic mass is 10.2. The summed E-state index contributed by atoms with van der Waals surface area (Å²) in [5.74, 6) is 1.84. The largest absolute Gasteiger partial charge is 0.481 e. The van der Waals surface area contributed by atoms with Gasteiger partial charge in [-0.25, -0.2) is 0 Å². The SMILES string of the molecule is COc1ccc(Cl)c(OC[C@H]2C[C@H]3C[C@H]3N2)n1. The van der Waals surface area contributed by atoms with Gasteiger partial charge in [0.05, 0.1) is 7.11 Å². The van der Waals surface area contributed by atoms with E-state index < -0.39 is 0 Å². The first-order valence-corrected chi connectivity index (χ1v) is 6.23. The van der Waals surface area contributed by atoms with Crippen molar-refractivity contribution in [3.63, 3.8) is 0 Å². The van der Waals surface area contributed by atoms with Crippen LogP contribution in [-0.2, 0) is 0 Å². The Hall–Kier alpha value is -1.00. The Balaban J connectivity index is 1.60. The lowest BCUT2D eigenvalue weighted by Gasteiger charge is -2.14. The molecule has 1 saturated heterocycles. The molecule has 0 aromatic carbocycles. The van der Waals surface area contributed by atoms with Crippen LogP contribution >= 0.6 is 11.6 Å². The molecule has 3 atom stereocenters. The van der Waals surface area contributed by atoms with Crippen LogP contribution in [0.25, 0.3) is 0 Å². The summed E-state index contributed by atoms with van der Waals surface area (Å²) in [4.78, 5) is 4.18. The monoisotopic (exact) mass is 254 g/mol. The van der Waals surface area contributed by atoms with E-state index >= 15 is 0 Å². The van der Waals surface area contributed by atoms with Crippen LogP contribution in [0.15, 0.2) is 12.1 Å². The molecule has 5 heteroatoms. The Morgan fingerprint density at radius 2 is 2.35 bits per heavy atom. The van der Waals surface area contributed by atoms with Gasteiger partial charge in [-0.15, -0.1) is 0 Å². The predicted molar refractivity (Wildman–Crippen MR) is 64.7 cm³/mol. The fraction of sp³-hybridized carbons (Fsp3) is 0.583. The van der Waals surface area contributed by atoms with Crippen molar-refractivity contribution in [2.45, 2.75) is 24.9 Å².